The summed E-state index contributed by atoms with van der Waals surface area (Å²) in [6.07, 6.45) is 2.15. The lowest BCUT2D eigenvalue weighted by Crippen LogP contribution is -2.43. The van der Waals surface area contributed by atoms with Crippen LogP contribution in [0.15, 0.2) is 54.7 Å². The van der Waals surface area contributed by atoms with Gasteiger partial charge in [0.25, 0.3) is 0 Å². The number of para-hydroxylation sites is 1. The van der Waals surface area contributed by atoms with Crippen LogP contribution in [0.1, 0.15) is 12.8 Å². The number of halogens is 1. The predicted molar refractivity (Wildman–Crippen MR) is 129 cm³/mol. The molecule has 8 heteroatoms. The SMILES string of the molecule is O=C1CCC(=O)N1c1ccc(-c2cccc(-c3ccnc(N4CCNCC4)c3)c2O)cc1Cl. The second-order valence-electron chi connectivity index (χ2n) is 8.13. The average molecular weight is 463 g/mol. The second-order valence-corrected chi connectivity index (χ2v) is 8.54. The van der Waals surface area contributed by atoms with Crippen molar-refractivity contribution in [1.29, 1.82) is 0 Å². The molecule has 0 radical (unpaired) electrons. The third kappa shape index (κ3) is 4.05. The Morgan fingerprint density at radius 3 is 2.24 bits per heavy atom. The van der Waals surface area contributed by atoms with Crippen molar-refractivity contribution < 1.29 is 14.7 Å². The third-order valence-corrected chi connectivity index (χ3v) is 6.39. The van der Waals surface area contributed by atoms with Crippen LogP contribution in [0.25, 0.3) is 22.3 Å². The number of hydrogen-bond acceptors (Lipinski definition) is 6. The molecule has 5 rings (SSSR count). The predicted octanol–water partition coefficient (Wildman–Crippen LogP) is 3.84. The van der Waals surface area contributed by atoms with E-state index in [0.29, 0.717) is 22.4 Å². The van der Waals surface area contributed by atoms with Crippen molar-refractivity contribution in [2.45, 2.75) is 12.8 Å². The average Bonchev–Trinajstić information content (AvgIpc) is 3.17. The van der Waals surface area contributed by atoms with Crippen LogP contribution in [-0.2, 0) is 9.59 Å². The topological polar surface area (TPSA) is 85.8 Å². The van der Waals surface area contributed by atoms with Crippen LogP contribution in [0.2, 0.25) is 5.02 Å². The first-order chi connectivity index (χ1) is 16.0. The number of nitrogens with zero attached hydrogens (tertiary/aromatic N) is 3. The minimum atomic E-state index is -0.252. The van der Waals surface area contributed by atoms with Gasteiger partial charge in [0.1, 0.15) is 11.6 Å². The fourth-order valence-electron chi connectivity index (χ4n) is 4.36. The summed E-state index contributed by atoms with van der Waals surface area (Å²) in [7, 11) is 0. The number of aromatic nitrogens is 1. The van der Waals surface area contributed by atoms with Gasteiger partial charge in [0.05, 0.1) is 10.7 Å². The quantitative estimate of drug-likeness (QED) is 0.573. The van der Waals surface area contributed by atoms with Crippen molar-refractivity contribution in [3.63, 3.8) is 0 Å². The van der Waals surface area contributed by atoms with Crippen LogP contribution in [0.4, 0.5) is 11.5 Å². The Bertz CT molecular complexity index is 1220. The van der Waals surface area contributed by atoms with Crippen LogP contribution in [0.3, 0.4) is 0 Å². The van der Waals surface area contributed by atoms with Gasteiger partial charge >= 0.3 is 0 Å². The Morgan fingerprint density at radius 1 is 0.909 bits per heavy atom. The van der Waals surface area contributed by atoms with Crippen molar-refractivity contribution in [3.05, 3.63) is 59.8 Å². The number of phenols is 1. The summed E-state index contributed by atoms with van der Waals surface area (Å²) < 4.78 is 0. The number of benzene rings is 2. The van der Waals surface area contributed by atoms with E-state index in [4.69, 9.17) is 11.6 Å². The van der Waals surface area contributed by atoms with E-state index in [1.165, 1.54) is 0 Å². The van der Waals surface area contributed by atoms with Crippen LogP contribution >= 0.6 is 11.6 Å². The smallest absolute Gasteiger partial charge is 0.234 e. The number of pyridine rings is 1. The Morgan fingerprint density at radius 2 is 1.58 bits per heavy atom. The monoisotopic (exact) mass is 462 g/mol. The van der Waals surface area contributed by atoms with Crippen molar-refractivity contribution in [1.82, 2.24) is 10.3 Å². The van der Waals surface area contributed by atoms with Crippen molar-refractivity contribution >= 4 is 34.9 Å². The molecule has 0 bridgehead atoms. The molecule has 2 fully saturated rings. The van der Waals surface area contributed by atoms with Crippen LogP contribution in [-0.4, -0.2) is 48.1 Å². The van der Waals surface area contributed by atoms with E-state index in [0.717, 1.165) is 42.5 Å². The second kappa shape index (κ2) is 8.84. The Labute approximate surface area is 196 Å². The molecule has 2 aliphatic heterocycles. The third-order valence-electron chi connectivity index (χ3n) is 6.08. The zero-order valence-electron chi connectivity index (χ0n) is 17.9. The highest BCUT2D eigenvalue weighted by Crippen LogP contribution is 2.41. The maximum atomic E-state index is 12.1. The summed E-state index contributed by atoms with van der Waals surface area (Å²) in [6, 6.07) is 14.5. The lowest BCUT2D eigenvalue weighted by Gasteiger charge is -2.28. The van der Waals surface area contributed by atoms with Gasteiger partial charge in [-0.2, -0.15) is 0 Å². The molecule has 2 N–H and O–H groups in total. The number of carbonyl (C=O) groups excluding carboxylic acids is 2. The number of rotatable bonds is 4. The molecule has 33 heavy (non-hydrogen) atoms. The highest BCUT2D eigenvalue weighted by molar-refractivity contribution is 6.36. The summed E-state index contributed by atoms with van der Waals surface area (Å²) in [6.45, 7) is 3.60. The molecule has 0 spiro atoms. The van der Waals surface area contributed by atoms with E-state index >= 15 is 0 Å². The summed E-state index contributed by atoms with van der Waals surface area (Å²) in [5.74, 6) is 0.508. The molecule has 2 amide bonds. The zero-order chi connectivity index (χ0) is 22.9. The largest absolute Gasteiger partial charge is 0.507 e. The molecule has 1 aromatic heterocycles. The number of imide groups is 1. The number of nitrogens with one attached hydrogen (secondary N) is 1. The highest BCUT2D eigenvalue weighted by atomic mass is 35.5. The Balaban J connectivity index is 1.49. The van der Waals surface area contributed by atoms with Crippen LogP contribution < -0.4 is 15.1 Å². The minimum absolute atomic E-state index is 0.132. The molecule has 3 heterocycles. The molecular weight excluding hydrogens is 440 g/mol. The molecule has 0 aliphatic carbocycles. The normalized spacial score (nSPS) is 16.5. The Hall–Kier alpha value is -3.42. The van der Waals surface area contributed by atoms with Gasteiger partial charge in [-0.1, -0.05) is 35.9 Å². The number of amides is 2. The van der Waals surface area contributed by atoms with Gasteiger partial charge in [0, 0.05) is 56.3 Å². The first-order valence-corrected chi connectivity index (χ1v) is 11.3. The van der Waals surface area contributed by atoms with Crippen LogP contribution in [0, 0.1) is 0 Å². The standard InChI is InChI=1S/C25H23ClN4O3/c26-20-14-16(4-5-21(20)30-23(31)6-7-24(30)32)18-2-1-3-19(25(18)33)17-8-9-28-22(15-17)29-12-10-27-11-13-29/h1-5,8-9,14-15,27,33H,6-7,10-13H2. The molecule has 7 nitrogen and oxygen atoms in total. The first kappa shape index (κ1) is 21.4. The van der Waals surface area contributed by atoms with Gasteiger partial charge in [-0.3, -0.25) is 9.59 Å². The molecular formula is C25H23ClN4O3. The molecule has 2 saturated heterocycles. The molecule has 0 atom stereocenters. The Kier molecular flexibility index (Phi) is 5.74. The van der Waals surface area contributed by atoms with Gasteiger partial charge in [0.15, 0.2) is 0 Å². The zero-order valence-corrected chi connectivity index (χ0v) is 18.7. The van der Waals surface area contributed by atoms with E-state index < -0.39 is 0 Å². The lowest BCUT2D eigenvalue weighted by atomic mass is 9.97. The number of phenolic OH excluding ortho intramolecular Hbond substituents is 1. The first-order valence-electron chi connectivity index (χ1n) is 10.9. The maximum Gasteiger partial charge on any atom is 0.234 e. The molecule has 2 aromatic carbocycles. The highest BCUT2D eigenvalue weighted by Gasteiger charge is 2.31. The minimum Gasteiger partial charge on any atom is -0.507 e. The molecule has 0 unspecified atom stereocenters. The van der Waals surface area contributed by atoms with Crippen molar-refractivity contribution in [3.8, 4) is 28.0 Å². The van der Waals surface area contributed by atoms with E-state index in [2.05, 4.69) is 15.2 Å². The van der Waals surface area contributed by atoms with Crippen molar-refractivity contribution in [2.75, 3.05) is 36.0 Å². The summed E-state index contributed by atoms with van der Waals surface area (Å²) >= 11 is 6.46. The van der Waals surface area contributed by atoms with Gasteiger partial charge in [-0.15, -0.1) is 0 Å². The number of carbonyl (C=O) groups is 2. The summed E-state index contributed by atoms with van der Waals surface area (Å²) in [4.78, 5) is 32.0. The number of hydrogen-bond donors (Lipinski definition) is 2. The summed E-state index contributed by atoms with van der Waals surface area (Å²) in [5.41, 5.74) is 3.24. The number of piperazine rings is 1. The fourth-order valence-corrected chi connectivity index (χ4v) is 4.63. The van der Waals surface area contributed by atoms with E-state index in [1.807, 2.05) is 30.3 Å². The molecule has 2 aliphatic rings. The van der Waals surface area contributed by atoms with Gasteiger partial charge in [0.2, 0.25) is 11.8 Å². The molecule has 3 aromatic rings. The molecule has 168 valence electrons. The maximum absolute atomic E-state index is 12.1. The van der Waals surface area contributed by atoms with E-state index in [-0.39, 0.29) is 35.4 Å². The van der Waals surface area contributed by atoms with Gasteiger partial charge in [-0.25, -0.2) is 9.88 Å². The van der Waals surface area contributed by atoms with E-state index in [9.17, 15) is 14.7 Å². The number of anilines is 2. The fraction of sp³-hybridized carbons (Fsp3) is 0.240. The van der Waals surface area contributed by atoms with Crippen LogP contribution in [0.5, 0.6) is 5.75 Å². The number of aromatic hydroxyl groups is 1. The lowest BCUT2D eigenvalue weighted by molar-refractivity contribution is -0.121. The van der Waals surface area contributed by atoms with Crippen molar-refractivity contribution in [2.24, 2.45) is 0 Å². The molecule has 0 saturated carbocycles. The van der Waals surface area contributed by atoms with Gasteiger partial charge < -0.3 is 15.3 Å². The summed E-state index contributed by atoms with van der Waals surface area (Å²) in [5, 5.41) is 14.8. The van der Waals surface area contributed by atoms with Gasteiger partial charge in [-0.05, 0) is 35.4 Å². The van der Waals surface area contributed by atoms with E-state index in [1.54, 1.807) is 24.4 Å².